The maximum absolute atomic E-state index is 5.94. The molecule has 0 nitrogen and oxygen atoms in total. The molecule has 1 saturated carbocycles. The third-order valence-electron chi connectivity index (χ3n) is 2.62. The molecule has 2 unspecified atom stereocenters. The zero-order valence-corrected chi connectivity index (χ0v) is 6.99. The van der Waals surface area contributed by atoms with Crippen LogP contribution in [0.1, 0.15) is 33.1 Å². The van der Waals surface area contributed by atoms with Crippen LogP contribution in [0.4, 0.5) is 0 Å². The summed E-state index contributed by atoms with van der Waals surface area (Å²) in [6.45, 7) is 4.37. The highest BCUT2D eigenvalue weighted by atomic mass is 35.5. The molecule has 0 saturated heterocycles. The molecule has 54 valence electrons. The van der Waals surface area contributed by atoms with Crippen LogP contribution in [0.2, 0.25) is 0 Å². The van der Waals surface area contributed by atoms with Crippen molar-refractivity contribution in [3.8, 4) is 0 Å². The van der Waals surface area contributed by atoms with Gasteiger partial charge in [-0.05, 0) is 18.8 Å². The van der Waals surface area contributed by atoms with Crippen molar-refractivity contribution in [2.24, 2.45) is 11.8 Å². The molecule has 1 aliphatic carbocycles. The zero-order chi connectivity index (χ0) is 6.85. The Morgan fingerprint density at radius 3 is 2.00 bits per heavy atom. The zero-order valence-electron chi connectivity index (χ0n) is 6.23. The number of hydrogen-bond acceptors (Lipinski definition) is 0. The minimum Gasteiger partial charge on any atom is -0.123 e. The predicted octanol–water partition coefficient (Wildman–Crippen LogP) is 3.05. The van der Waals surface area contributed by atoms with E-state index in [4.69, 9.17) is 11.6 Å². The average Bonchev–Trinajstić information content (AvgIpc) is 1.60. The Balaban J connectivity index is 2.23. The molecule has 0 N–H and O–H groups in total. The Morgan fingerprint density at radius 2 is 1.89 bits per heavy atom. The maximum atomic E-state index is 5.94. The molecule has 0 amide bonds. The molecule has 1 heteroatoms. The molecule has 0 aliphatic heterocycles. The van der Waals surface area contributed by atoms with Crippen molar-refractivity contribution < 1.29 is 0 Å². The highest BCUT2D eigenvalue weighted by Gasteiger charge is 2.26. The minimum absolute atomic E-state index is 0.371. The second-order valence-electron chi connectivity index (χ2n) is 3.23. The smallest absolute Gasteiger partial charge is 0.0336 e. The summed E-state index contributed by atoms with van der Waals surface area (Å²) < 4.78 is 0. The highest BCUT2D eigenvalue weighted by molar-refractivity contribution is 6.20. The standard InChI is InChI=1S/C8H15Cl/c1-6(7(2)9)8-4-3-5-8/h6-8H,3-5H2,1-2H3. The topological polar surface area (TPSA) is 0 Å². The Morgan fingerprint density at radius 1 is 1.33 bits per heavy atom. The molecule has 0 spiro atoms. The van der Waals surface area contributed by atoms with Crippen LogP contribution in [0, 0.1) is 11.8 Å². The first-order valence-corrected chi connectivity index (χ1v) is 4.29. The van der Waals surface area contributed by atoms with E-state index in [1.165, 1.54) is 19.3 Å². The molecule has 2 atom stereocenters. The molecule has 0 heterocycles. The van der Waals surface area contributed by atoms with Gasteiger partial charge in [-0.3, -0.25) is 0 Å². The molecule has 0 aromatic carbocycles. The van der Waals surface area contributed by atoms with E-state index < -0.39 is 0 Å². The van der Waals surface area contributed by atoms with Gasteiger partial charge < -0.3 is 0 Å². The third-order valence-corrected chi connectivity index (χ3v) is 3.02. The van der Waals surface area contributed by atoms with Crippen molar-refractivity contribution in [2.75, 3.05) is 0 Å². The van der Waals surface area contributed by atoms with Gasteiger partial charge in [0.05, 0.1) is 0 Å². The van der Waals surface area contributed by atoms with Crippen LogP contribution < -0.4 is 0 Å². The summed E-state index contributed by atoms with van der Waals surface area (Å²) in [7, 11) is 0. The quantitative estimate of drug-likeness (QED) is 0.526. The molecule has 0 bridgehead atoms. The van der Waals surface area contributed by atoms with Crippen LogP contribution in [0.15, 0.2) is 0 Å². The van der Waals surface area contributed by atoms with Gasteiger partial charge in [0.25, 0.3) is 0 Å². The number of halogens is 1. The van der Waals surface area contributed by atoms with E-state index in [0.717, 1.165) is 11.8 Å². The summed E-state index contributed by atoms with van der Waals surface area (Å²) in [5.74, 6) is 1.68. The summed E-state index contributed by atoms with van der Waals surface area (Å²) in [5.41, 5.74) is 0. The van der Waals surface area contributed by atoms with Crippen molar-refractivity contribution in [3.05, 3.63) is 0 Å². The molecule has 9 heavy (non-hydrogen) atoms. The largest absolute Gasteiger partial charge is 0.123 e. The minimum atomic E-state index is 0.371. The van der Waals surface area contributed by atoms with E-state index in [9.17, 15) is 0 Å². The Hall–Kier alpha value is 0.290. The summed E-state index contributed by atoms with van der Waals surface area (Å²) in [5, 5.41) is 0.371. The average molecular weight is 147 g/mol. The van der Waals surface area contributed by atoms with Gasteiger partial charge in [0.1, 0.15) is 0 Å². The normalized spacial score (nSPS) is 27.0. The van der Waals surface area contributed by atoms with Gasteiger partial charge in [-0.1, -0.05) is 26.2 Å². The first kappa shape index (κ1) is 7.40. The molecular weight excluding hydrogens is 132 g/mol. The summed E-state index contributed by atoms with van der Waals surface area (Å²) in [6.07, 6.45) is 4.26. The summed E-state index contributed by atoms with van der Waals surface area (Å²) in [4.78, 5) is 0. The lowest BCUT2D eigenvalue weighted by molar-refractivity contribution is 0.218. The predicted molar refractivity (Wildman–Crippen MR) is 41.8 cm³/mol. The van der Waals surface area contributed by atoms with Crippen LogP contribution in [0.5, 0.6) is 0 Å². The van der Waals surface area contributed by atoms with E-state index in [0.29, 0.717) is 5.38 Å². The molecule has 1 aliphatic rings. The lowest BCUT2D eigenvalue weighted by Crippen LogP contribution is -2.24. The van der Waals surface area contributed by atoms with Crippen LogP contribution in [-0.2, 0) is 0 Å². The van der Waals surface area contributed by atoms with Crippen molar-refractivity contribution in [3.63, 3.8) is 0 Å². The molecular formula is C8H15Cl. The summed E-state index contributed by atoms with van der Waals surface area (Å²) >= 11 is 5.94. The van der Waals surface area contributed by atoms with Gasteiger partial charge in [-0.2, -0.15) is 0 Å². The van der Waals surface area contributed by atoms with Gasteiger partial charge in [0, 0.05) is 5.38 Å². The molecule has 0 aromatic heterocycles. The van der Waals surface area contributed by atoms with Crippen LogP contribution in [0.3, 0.4) is 0 Å². The van der Waals surface area contributed by atoms with Crippen LogP contribution >= 0.6 is 11.6 Å². The highest BCUT2D eigenvalue weighted by Crippen LogP contribution is 2.36. The number of alkyl halides is 1. The van der Waals surface area contributed by atoms with Crippen molar-refractivity contribution >= 4 is 11.6 Å². The SMILES string of the molecule is CC(Cl)C(C)C1CCC1. The van der Waals surface area contributed by atoms with Gasteiger partial charge in [0.15, 0.2) is 0 Å². The van der Waals surface area contributed by atoms with E-state index in [2.05, 4.69) is 13.8 Å². The first-order valence-electron chi connectivity index (χ1n) is 3.86. The number of hydrogen-bond donors (Lipinski definition) is 0. The Labute approximate surface area is 62.6 Å². The lowest BCUT2D eigenvalue weighted by Gasteiger charge is -2.32. The van der Waals surface area contributed by atoms with Gasteiger partial charge in [0.2, 0.25) is 0 Å². The molecule has 0 aromatic rings. The second kappa shape index (κ2) is 2.92. The molecule has 1 rings (SSSR count). The third kappa shape index (κ3) is 1.61. The van der Waals surface area contributed by atoms with E-state index in [1.807, 2.05) is 0 Å². The molecule has 0 radical (unpaired) electrons. The maximum Gasteiger partial charge on any atom is 0.0336 e. The Bertz CT molecular complexity index is 84.6. The molecule has 1 fully saturated rings. The lowest BCUT2D eigenvalue weighted by atomic mass is 9.75. The van der Waals surface area contributed by atoms with E-state index >= 15 is 0 Å². The fourth-order valence-corrected chi connectivity index (χ4v) is 1.55. The Kier molecular flexibility index (Phi) is 2.40. The van der Waals surface area contributed by atoms with Gasteiger partial charge in [-0.25, -0.2) is 0 Å². The van der Waals surface area contributed by atoms with Crippen molar-refractivity contribution in [2.45, 2.75) is 38.5 Å². The van der Waals surface area contributed by atoms with Gasteiger partial charge in [-0.15, -0.1) is 11.6 Å². The monoisotopic (exact) mass is 146 g/mol. The van der Waals surface area contributed by atoms with Crippen LogP contribution in [0.25, 0.3) is 0 Å². The number of rotatable bonds is 2. The van der Waals surface area contributed by atoms with Crippen molar-refractivity contribution in [1.29, 1.82) is 0 Å². The van der Waals surface area contributed by atoms with Crippen molar-refractivity contribution in [1.82, 2.24) is 0 Å². The first-order chi connectivity index (χ1) is 4.22. The van der Waals surface area contributed by atoms with E-state index in [-0.39, 0.29) is 0 Å². The fraction of sp³-hybridized carbons (Fsp3) is 1.00. The van der Waals surface area contributed by atoms with Gasteiger partial charge >= 0.3 is 0 Å². The van der Waals surface area contributed by atoms with E-state index in [1.54, 1.807) is 0 Å². The fourth-order valence-electron chi connectivity index (χ4n) is 1.34. The second-order valence-corrected chi connectivity index (χ2v) is 3.92. The summed E-state index contributed by atoms with van der Waals surface area (Å²) in [6, 6.07) is 0. The van der Waals surface area contributed by atoms with Crippen LogP contribution in [-0.4, -0.2) is 5.38 Å².